The minimum atomic E-state index is 0.163. The van der Waals surface area contributed by atoms with Crippen molar-refractivity contribution in [3.63, 3.8) is 0 Å². The van der Waals surface area contributed by atoms with Crippen molar-refractivity contribution in [3.05, 3.63) is 18.2 Å². The molecule has 0 aromatic carbocycles. The molecule has 4 heteroatoms. The molecule has 2 N–H and O–H groups in total. The summed E-state index contributed by atoms with van der Waals surface area (Å²) in [7, 11) is 0. The van der Waals surface area contributed by atoms with E-state index >= 15 is 0 Å². The van der Waals surface area contributed by atoms with Crippen LogP contribution in [-0.4, -0.2) is 28.3 Å². The van der Waals surface area contributed by atoms with Crippen molar-refractivity contribution in [2.45, 2.75) is 57.7 Å². The largest absolute Gasteiger partial charge is 0.378 e. The van der Waals surface area contributed by atoms with Gasteiger partial charge in [-0.15, -0.1) is 0 Å². The molecule has 4 nitrogen and oxygen atoms in total. The van der Waals surface area contributed by atoms with Crippen molar-refractivity contribution < 1.29 is 4.74 Å². The fraction of sp³-hybridized carbons (Fsp3) is 0.769. The Kier molecular flexibility index (Phi) is 4.57. The third kappa shape index (κ3) is 3.54. The minimum Gasteiger partial charge on any atom is -0.378 e. The summed E-state index contributed by atoms with van der Waals surface area (Å²) in [5, 5.41) is 0. The molecule has 0 amide bonds. The zero-order chi connectivity index (χ0) is 12.1. The minimum absolute atomic E-state index is 0.163. The van der Waals surface area contributed by atoms with Gasteiger partial charge in [0, 0.05) is 38.0 Å². The lowest BCUT2D eigenvalue weighted by molar-refractivity contribution is 0.0981. The van der Waals surface area contributed by atoms with Gasteiger partial charge in [0.2, 0.25) is 0 Å². The Labute approximate surface area is 103 Å². The molecule has 0 bridgehead atoms. The summed E-state index contributed by atoms with van der Waals surface area (Å²) in [6.45, 7) is 4.11. The number of ether oxygens (including phenoxy) is 1. The molecule has 17 heavy (non-hydrogen) atoms. The van der Waals surface area contributed by atoms with Crippen LogP contribution < -0.4 is 5.73 Å². The number of rotatable bonds is 6. The summed E-state index contributed by atoms with van der Waals surface area (Å²) >= 11 is 0. The molecule has 1 aliphatic rings. The molecule has 2 rings (SSSR count). The normalized spacial score (nSPS) is 21.9. The average molecular weight is 237 g/mol. The third-order valence-corrected chi connectivity index (χ3v) is 3.30. The van der Waals surface area contributed by atoms with Crippen LogP contribution in [0.25, 0.3) is 0 Å². The molecular weight excluding hydrogens is 214 g/mol. The van der Waals surface area contributed by atoms with Crippen LogP contribution >= 0.6 is 0 Å². The SMILES string of the molecule is CCCn1ccnc1CC(N)CC1CCCO1. The molecule has 0 spiro atoms. The van der Waals surface area contributed by atoms with Crippen molar-refractivity contribution in [2.75, 3.05) is 6.61 Å². The number of nitrogens with two attached hydrogens (primary N) is 1. The summed E-state index contributed by atoms with van der Waals surface area (Å²) in [6.07, 6.45) is 9.57. The number of aromatic nitrogens is 2. The lowest BCUT2D eigenvalue weighted by Crippen LogP contribution is -2.29. The molecule has 1 aromatic rings. The van der Waals surface area contributed by atoms with Crippen molar-refractivity contribution in [3.8, 4) is 0 Å². The molecule has 0 aliphatic carbocycles. The number of hydrogen-bond donors (Lipinski definition) is 1. The first-order valence-corrected chi connectivity index (χ1v) is 6.66. The van der Waals surface area contributed by atoms with Crippen molar-refractivity contribution >= 4 is 0 Å². The van der Waals surface area contributed by atoms with Crippen LogP contribution in [0.15, 0.2) is 12.4 Å². The molecule has 0 radical (unpaired) electrons. The summed E-state index contributed by atoms with van der Waals surface area (Å²) in [6, 6.07) is 0.163. The van der Waals surface area contributed by atoms with E-state index in [-0.39, 0.29) is 6.04 Å². The van der Waals surface area contributed by atoms with Gasteiger partial charge in [-0.25, -0.2) is 4.98 Å². The van der Waals surface area contributed by atoms with Crippen LogP contribution in [0, 0.1) is 0 Å². The van der Waals surface area contributed by atoms with E-state index in [0.717, 1.165) is 44.7 Å². The Morgan fingerprint density at radius 2 is 2.53 bits per heavy atom. The molecule has 1 fully saturated rings. The maximum atomic E-state index is 6.18. The van der Waals surface area contributed by atoms with Crippen LogP contribution in [0.4, 0.5) is 0 Å². The van der Waals surface area contributed by atoms with E-state index < -0.39 is 0 Å². The van der Waals surface area contributed by atoms with Gasteiger partial charge < -0.3 is 15.0 Å². The quantitative estimate of drug-likeness (QED) is 0.820. The summed E-state index contributed by atoms with van der Waals surface area (Å²) in [5.74, 6) is 1.11. The van der Waals surface area contributed by atoms with Gasteiger partial charge in [0.15, 0.2) is 0 Å². The Morgan fingerprint density at radius 1 is 1.65 bits per heavy atom. The molecule has 2 atom stereocenters. The van der Waals surface area contributed by atoms with Gasteiger partial charge in [0.1, 0.15) is 5.82 Å². The van der Waals surface area contributed by atoms with E-state index in [1.807, 2.05) is 12.4 Å². The van der Waals surface area contributed by atoms with Gasteiger partial charge in [0.25, 0.3) is 0 Å². The van der Waals surface area contributed by atoms with Gasteiger partial charge in [-0.2, -0.15) is 0 Å². The van der Waals surface area contributed by atoms with Gasteiger partial charge in [-0.1, -0.05) is 6.92 Å². The molecule has 96 valence electrons. The van der Waals surface area contributed by atoms with E-state index in [1.165, 1.54) is 6.42 Å². The highest BCUT2D eigenvalue weighted by atomic mass is 16.5. The van der Waals surface area contributed by atoms with E-state index in [1.54, 1.807) is 0 Å². The predicted octanol–water partition coefficient (Wildman–Crippen LogP) is 1.73. The predicted molar refractivity (Wildman–Crippen MR) is 67.8 cm³/mol. The van der Waals surface area contributed by atoms with E-state index in [9.17, 15) is 0 Å². The van der Waals surface area contributed by atoms with E-state index in [0.29, 0.717) is 6.10 Å². The Bertz CT molecular complexity index is 331. The maximum absolute atomic E-state index is 6.18. The van der Waals surface area contributed by atoms with Crippen LogP contribution in [0.3, 0.4) is 0 Å². The molecule has 2 heterocycles. The second kappa shape index (κ2) is 6.17. The molecule has 1 saturated heterocycles. The highest BCUT2D eigenvalue weighted by molar-refractivity contribution is 4.95. The highest BCUT2D eigenvalue weighted by Crippen LogP contribution is 2.17. The number of imidazole rings is 1. The number of hydrogen-bond acceptors (Lipinski definition) is 3. The van der Waals surface area contributed by atoms with Gasteiger partial charge in [-0.3, -0.25) is 0 Å². The van der Waals surface area contributed by atoms with Crippen molar-refractivity contribution in [1.29, 1.82) is 0 Å². The summed E-state index contributed by atoms with van der Waals surface area (Å²) < 4.78 is 7.82. The molecular formula is C13H23N3O. The number of aryl methyl sites for hydroxylation is 1. The van der Waals surface area contributed by atoms with E-state index in [4.69, 9.17) is 10.5 Å². The summed E-state index contributed by atoms with van der Waals surface area (Å²) in [5.41, 5.74) is 6.18. The topological polar surface area (TPSA) is 53.1 Å². The summed E-state index contributed by atoms with van der Waals surface area (Å²) in [4.78, 5) is 4.39. The molecule has 0 saturated carbocycles. The lowest BCUT2D eigenvalue weighted by Gasteiger charge is -2.16. The zero-order valence-corrected chi connectivity index (χ0v) is 10.6. The van der Waals surface area contributed by atoms with Crippen molar-refractivity contribution in [2.24, 2.45) is 5.73 Å². The Balaban J connectivity index is 1.83. The smallest absolute Gasteiger partial charge is 0.110 e. The maximum Gasteiger partial charge on any atom is 0.110 e. The molecule has 1 aliphatic heterocycles. The van der Waals surface area contributed by atoms with Gasteiger partial charge in [-0.05, 0) is 25.7 Å². The molecule has 1 aromatic heterocycles. The van der Waals surface area contributed by atoms with E-state index in [2.05, 4.69) is 16.5 Å². The van der Waals surface area contributed by atoms with Crippen LogP contribution in [0.1, 0.15) is 38.4 Å². The first-order chi connectivity index (χ1) is 8.29. The van der Waals surface area contributed by atoms with Gasteiger partial charge in [0.05, 0.1) is 6.10 Å². The highest BCUT2D eigenvalue weighted by Gasteiger charge is 2.19. The van der Waals surface area contributed by atoms with Crippen LogP contribution in [-0.2, 0) is 17.7 Å². The third-order valence-electron chi connectivity index (χ3n) is 3.30. The zero-order valence-electron chi connectivity index (χ0n) is 10.6. The Morgan fingerprint density at radius 3 is 3.24 bits per heavy atom. The number of nitrogens with zero attached hydrogens (tertiary/aromatic N) is 2. The first-order valence-electron chi connectivity index (χ1n) is 6.66. The second-order valence-electron chi connectivity index (χ2n) is 4.87. The first kappa shape index (κ1) is 12.6. The monoisotopic (exact) mass is 237 g/mol. The van der Waals surface area contributed by atoms with Gasteiger partial charge >= 0.3 is 0 Å². The van der Waals surface area contributed by atoms with Crippen LogP contribution in [0.5, 0.6) is 0 Å². The average Bonchev–Trinajstić information content (AvgIpc) is 2.92. The standard InChI is InChI=1S/C13H23N3O/c1-2-6-16-7-5-15-13(16)10-11(14)9-12-4-3-8-17-12/h5,7,11-12H,2-4,6,8-10,14H2,1H3. The second-order valence-corrected chi connectivity index (χ2v) is 4.87. The molecule has 2 unspecified atom stereocenters. The fourth-order valence-electron chi connectivity index (χ4n) is 2.46. The van der Waals surface area contributed by atoms with Crippen LogP contribution in [0.2, 0.25) is 0 Å². The fourth-order valence-corrected chi connectivity index (χ4v) is 2.46. The Hall–Kier alpha value is -0.870. The van der Waals surface area contributed by atoms with Crippen molar-refractivity contribution in [1.82, 2.24) is 9.55 Å². The lowest BCUT2D eigenvalue weighted by atomic mass is 10.0.